The average Bonchev–Trinajstić information content (AvgIpc) is 3.20. The predicted molar refractivity (Wildman–Crippen MR) is 151 cm³/mol. The Hall–Kier alpha value is -2.11. The summed E-state index contributed by atoms with van der Waals surface area (Å²) in [5, 5.41) is 6.60. The smallest absolute Gasteiger partial charge is 0.295 e. The molecular weight excluding hydrogens is 602 g/mol. The molecule has 0 saturated heterocycles. The van der Waals surface area contributed by atoms with Gasteiger partial charge in [0.2, 0.25) is 0 Å². The molecule has 0 spiro atoms. The van der Waals surface area contributed by atoms with Crippen molar-refractivity contribution in [3.63, 3.8) is 0 Å². The SMILES string of the molecule is CSc1cc(C(C)C)ccc1Nc1cc(Nc2cnc(C)c(C)n2)nc2c1nc(C(F)F)n2PI. The monoisotopic (exact) mass is 627 g/mol. The lowest BCUT2D eigenvalue weighted by atomic mass is 10.0. The number of nitrogens with zero attached hydrogens (tertiary/aromatic N) is 5. The Bertz CT molecular complexity index is 1380. The largest absolute Gasteiger partial charge is 0.353 e. The molecule has 0 amide bonds. The number of anilines is 4. The van der Waals surface area contributed by atoms with E-state index in [4.69, 9.17) is 0 Å². The van der Waals surface area contributed by atoms with Gasteiger partial charge in [0, 0.05) is 11.0 Å². The van der Waals surface area contributed by atoms with Crippen molar-refractivity contribution in [3.05, 3.63) is 53.2 Å². The lowest BCUT2D eigenvalue weighted by molar-refractivity contribution is 0.140. The lowest BCUT2D eigenvalue weighted by Gasteiger charge is -2.15. The maximum absolute atomic E-state index is 13.8. The first-order chi connectivity index (χ1) is 16.7. The molecule has 3 heterocycles. The minimum absolute atomic E-state index is 0.0118. The number of thioether (sulfide) groups is 1. The number of rotatable bonds is 8. The molecule has 1 unspecified atom stereocenters. The minimum Gasteiger partial charge on any atom is -0.353 e. The quantitative estimate of drug-likeness (QED) is 0.117. The summed E-state index contributed by atoms with van der Waals surface area (Å²) in [5.74, 6) is 1.07. The van der Waals surface area contributed by atoms with E-state index in [2.05, 4.69) is 78.6 Å². The topological polar surface area (TPSA) is 80.6 Å². The van der Waals surface area contributed by atoms with Crippen LogP contribution in [0.1, 0.15) is 49.0 Å². The third kappa shape index (κ3) is 5.51. The van der Waals surface area contributed by atoms with E-state index >= 15 is 0 Å². The van der Waals surface area contributed by atoms with Crippen LogP contribution in [0.4, 0.5) is 31.8 Å². The lowest BCUT2D eigenvalue weighted by Crippen LogP contribution is -2.03. The van der Waals surface area contributed by atoms with Gasteiger partial charge < -0.3 is 10.6 Å². The van der Waals surface area contributed by atoms with Crippen LogP contribution in [0.15, 0.2) is 35.4 Å². The van der Waals surface area contributed by atoms with Crippen molar-refractivity contribution in [2.75, 3.05) is 16.9 Å². The summed E-state index contributed by atoms with van der Waals surface area (Å²) in [5.41, 5.74) is 5.08. The van der Waals surface area contributed by atoms with Gasteiger partial charge in [-0.2, -0.15) is 0 Å². The summed E-state index contributed by atoms with van der Waals surface area (Å²) < 4.78 is 29.1. The summed E-state index contributed by atoms with van der Waals surface area (Å²) in [4.78, 5) is 18.8. The highest BCUT2D eigenvalue weighted by Crippen LogP contribution is 2.40. The number of hydrogen-bond donors (Lipinski definition) is 2. The molecule has 3 aromatic heterocycles. The van der Waals surface area contributed by atoms with Crippen LogP contribution < -0.4 is 10.6 Å². The van der Waals surface area contributed by atoms with Crippen molar-refractivity contribution in [2.45, 2.75) is 44.9 Å². The van der Waals surface area contributed by atoms with E-state index < -0.39 is 6.43 Å². The molecule has 35 heavy (non-hydrogen) atoms. The number of nitrogens with one attached hydrogen (secondary N) is 2. The second-order valence-electron chi connectivity index (χ2n) is 8.21. The fourth-order valence-corrected chi connectivity index (χ4v) is 5.99. The number of fused-ring (bicyclic) bond motifs is 1. The Morgan fingerprint density at radius 3 is 2.40 bits per heavy atom. The van der Waals surface area contributed by atoms with E-state index in [1.54, 1.807) is 24.0 Å². The summed E-state index contributed by atoms with van der Waals surface area (Å²) in [6, 6.07) is 8.00. The highest BCUT2D eigenvalue weighted by Gasteiger charge is 2.23. The van der Waals surface area contributed by atoms with Gasteiger partial charge in [0.05, 0.1) is 35.3 Å². The Morgan fingerprint density at radius 1 is 1.00 bits per heavy atom. The first-order valence-electron chi connectivity index (χ1n) is 10.8. The zero-order valence-corrected chi connectivity index (χ0v) is 23.8. The maximum Gasteiger partial charge on any atom is 0.295 e. The molecule has 0 aliphatic carbocycles. The van der Waals surface area contributed by atoms with Crippen LogP contribution in [0.25, 0.3) is 11.2 Å². The van der Waals surface area contributed by atoms with Gasteiger partial charge >= 0.3 is 0 Å². The average molecular weight is 627 g/mol. The molecule has 184 valence electrons. The Morgan fingerprint density at radius 2 is 1.77 bits per heavy atom. The van der Waals surface area contributed by atoms with E-state index in [9.17, 15) is 8.78 Å². The summed E-state index contributed by atoms with van der Waals surface area (Å²) >= 11 is 3.69. The number of imidazole rings is 1. The molecule has 4 rings (SSSR count). The fourth-order valence-electron chi connectivity index (χ4n) is 3.50. The molecule has 1 atom stereocenters. The van der Waals surface area contributed by atoms with Crippen LogP contribution in [0.5, 0.6) is 0 Å². The van der Waals surface area contributed by atoms with Crippen LogP contribution in [0.2, 0.25) is 0 Å². The third-order valence-electron chi connectivity index (χ3n) is 5.53. The van der Waals surface area contributed by atoms with Gasteiger partial charge in [-0.15, -0.1) is 11.8 Å². The zero-order valence-electron chi connectivity index (χ0n) is 19.8. The van der Waals surface area contributed by atoms with Crippen molar-refractivity contribution in [1.82, 2.24) is 24.3 Å². The fraction of sp³-hybridized carbons (Fsp3) is 0.304. The molecule has 1 aromatic carbocycles. The number of aryl methyl sites for hydroxylation is 2. The first-order valence-corrected chi connectivity index (χ1v) is 16.1. The Labute approximate surface area is 221 Å². The molecule has 0 aliphatic heterocycles. The van der Waals surface area contributed by atoms with E-state index in [1.165, 1.54) is 9.90 Å². The Balaban J connectivity index is 1.85. The van der Waals surface area contributed by atoms with Crippen molar-refractivity contribution in [3.8, 4) is 0 Å². The normalized spacial score (nSPS) is 11.9. The van der Waals surface area contributed by atoms with E-state index in [0.29, 0.717) is 34.4 Å². The minimum atomic E-state index is -2.71. The molecule has 0 saturated carbocycles. The molecule has 2 N–H and O–H groups in total. The van der Waals surface area contributed by atoms with Crippen molar-refractivity contribution >= 4 is 74.4 Å². The van der Waals surface area contributed by atoms with Gasteiger partial charge in [0.15, 0.2) is 11.5 Å². The van der Waals surface area contributed by atoms with Crippen molar-refractivity contribution in [2.24, 2.45) is 0 Å². The summed E-state index contributed by atoms with van der Waals surface area (Å²) in [6.07, 6.45) is 0.935. The molecule has 0 aliphatic rings. The van der Waals surface area contributed by atoms with Crippen LogP contribution in [0, 0.1) is 13.8 Å². The van der Waals surface area contributed by atoms with Gasteiger partial charge in [-0.3, -0.25) is 9.32 Å². The number of pyridine rings is 1. The Kier molecular flexibility index (Phi) is 8.07. The van der Waals surface area contributed by atoms with E-state index in [1.807, 2.05) is 26.2 Å². The van der Waals surface area contributed by atoms with Gasteiger partial charge in [-0.25, -0.2) is 23.7 Å². The maximum atomic E-state index is 13.8. The number of halogens is 3. The molecule has 0 radical (unpaired) electrons. The van der Waals surface area contributed by atoms with E-state index in [-0.39, 0.29) is 12.2 Å². The second-order valence-corrected chi connectivity index (χ2v) is 11.1. The summed E-state index contributed by atoms with van der Waals surface area (Å²) in [7, 11) is 0. The van der Waals surface area contributed by atoms with Crippen molar-refractivity contribution < 1.29 is 8.78 Å². The highest BCUT2D eigenvalue weighted by molar-refractivity contribution is 14.2. The third-order valence-corrected chi connectivity index (χ3v) is 8.37. The number of benzene rings is 1. The number of alkyl halides is 2. The highest BCUT2D eigenvalue weighted by atomic mass is 127. The molecule has 0 fully saturated rings. The first kappa shape index (κ1) is 26.0. The number of hydrogen-bond acceptors (Lipinski definition) is 7. The van der Waals surface area contributed by atoms with Crippen LogP contribution in [0.3, 0.4) is 0 Å². The zero-order chi connectivity index (χ0) is 25.3. The predicted octanol–water partition coefficient (Wildman–Crippen LogP) is 7.90. The van der Waals surface area contributed by atoms with Crippen LogP contribution in [-0.2, 0) is 0 Å². The summed E-state index contributed by atoms with van der Waals surface area (Å²) in [6.45, 7) is 8.06. The van der Waals surface area contributed by atoms with E-state index in [0.717, 1.165) is 22.0 Å². The number of aromatic nitrogens is 5. The van der Waals surface area contributed by atoms with Gasteiger partial charge in [-0.1, -0.05) is 19.9 Å². The molecule has 0 bridgehead atoms. The van der Waals surface area contributed by atoms with Gasteiger partial charge in [-0.05, 0) is 65.8 Å². The van der Waals surface area contributed by atoms with Gasteiger partial charge in [0.1, 0.15) is 17.2 Å². The molecular formula is C23H25F2IN7PS. The second kappa shape index (κ2) is 10.9. The van der Waals surface area contributed by atoms with Crippen LogP contribution in [-0.4, -0.2) is 30.5 Å². The molecule has 12 heteroatoms. The van der Waals surface area contributed by atoms with Gasteiger partial charge in [0.25, 0.3) is 6.43 Å². The standard InChI is InChI=1S/C23H25F2IN7PS/c1-11(2)14-6-7-15(17(8-14)35-5)29-16-9-18(30-19-10-27-12(3)13(4)28-19)31-22-20(16)32-23(21(24)25)33(22)34-26/h6-11,21,34H,1-5H3,(H2,28,29,30,31). The molecule has 7 nitrogen and oxygen atoms in total. The molecule has 4 aromatic rings. The van der Waals surface area contributed by atoms with Crippen molar-refractivity contribution in [1.29, 1.82) is 0 Å². The van der Waals surface area contributed by atoms with Crippen LogP contribution >= 0.6 is 40.2 Å².